The number of esters is 1. The highest BCUT2D eigenvalue weighted by molar-refractivity contribution is 8.00. The molecule has 0 aliphatic carbocycles. The van der Waals surface area contributed by atoms with Crippen LogP contribution in [0.2, 0.25) is 0 Å². The van der Waals surface area contributed by atoms with E-state index in [1.54, 1.807) is 0 Å². The minimum absolute atomic E-state index is 0.0749. The number of methoxy groups -OCH3 is 1. The Morgan fingerprint density at radius 2 is 1.18 bits per heavy atom. The number of aliphatic hydroxyl groups excluding tert-OH is 1. The van der Waals surface area contributed by atoms with Gasteiger partial charge in [0.2, 0.25) is 0 Å². The van der Waals surface area contributed by atoms with Crippen LogP contribution in [0.5, 0.6) is 0 Å². The van der Waals surface area contributed by atoms with Crippen LogP contribution in [0, 0.1) is 0 Å². The molecule has 1 aliphatic heterocycles. The lowest BCUT2D eigenvalue weighted by Gasteiger charge is -2.45. The van der Waals surface area contributed by atoms with E-state index in [9.17, 15) is 9.90 Å². The fraction of sp³-hybridized carbons (Fsp3) is 0.367. The molecule has 0 amide bonds. The van der Waals surface area contributed by atoms with E-state index in [0.29, 0.717) is 19.8 Å². The van der Waals surface area contributed by atoms with Gasteiger partial charge in [0.25, 0.3) is 0 Å². The second kappa shape index (κ2) is 15.0. The topological polar surface area (TPSA) is 83.5 Å². The second-order valence-electron chi connectivity index (χ2n) is 8.90. The number of rotatable bonds is 13. The molecule has 0 radical (unpaired) electrons. The van der Waals surface area contributed by atoms with Crippen LogP contribution < -0.4 is 0 Å². The first-order chi connectivity index (χ1) is 18.7. The monoisotopic (exact) mass is 538 g/mol. The van der Waals surface area contributed by atoms with Gasteiger partial charge in [-0.05, 0) is 16.7 Å². The van der Waals surface area contributed by atoms with Crippen molar-refractivity contribution < 1.29 is 33.6 Å². The van der Waals surface area contributed by atoms with Crippen LogP contribution in [-0.4, -0.2) is 60.4 Å². The molecule has 202 valence electrons. The van der Waals surface area contributed by atoms with Crippen molar-refractivity contribution in [2.45, 2.75) is 49.7 Å². The molecule has 1 fully saturated rings. The molecule has 1 N–H and O–H groups in total. The number of ether oxygens (including phenoxy) is 5. The van der Waals surface area contributed by atoms with E-state index in [2.05, 4.69) is 0 Å². The Labute approximate surface area is 228 Å². The number of carbonyl (C=O) groups excluding carboxylic acids is 1. The van der Waals surface area contributed by atoms with Gasteiger partial charge in [-0.2, -0.15) is 0 Å². The molecular weight excluding hydrogens is 504 g/mol. The molecule has 0 bridgehead atoms. The number of hydrogen-bond donors (Lipinski definition) is 1. The maximum atomic E-state index is 12.0. The van der Waals surface area contributed by atoms with Crippen molar-refractivity contribution in [3.63, 3.8) is 0 Å². The molecular formula is C30H34O7S. The van der Waals surface area contributed by atoms with E-state index in [1.807, 2.05) is 91.0 Å². The molecule has 1 aliphatic rings. The van der Waals surface area contributed by atoms with E-state index in [1.165, 1.54) is 18.9 Å². The molecule has 5 atom stereocenters. The smallest absolute Gasteiger partial charge is 0.315 e. The first-order valence-corrected chi connectivity index (χ1v) is 13.6. The Kier molecular flexibility index (Phi) is 11.2. The van der Waals surface area contributed by atoms with Gasteiger partial charge in [-0.3, -0.25) is 4.79 Å². The van der Waals surface area contributed by atoms with Gasteiger partial charge in [-0.1, -0.05) is 91.0 Å². The zero-order valence-corrected chi connectivity index (χ0v) is 22.2. The summed E-state index contributed by atoms with van der Waals surface area (Å²) in [6, 6.07) is 29.5. The van der Waals surface area contributed by atoms with Crippen molar-refractivity contribution in [1.82, 2.24) is 0 Å². The van der Waals surface area contributed by atoms with Crippen LogP contribution >= 0.6 is 11.8 Å². The summed E-state index contributed by atoms with van der Waals surface area (Å²) in [5.74, 6) is -0.295. The summed E-state index contributed by atoms with van der Waals surface area (Å²) in [5, 5.41) is 10.3. The number of benzene rings is 3. The van der Waals surface area contributed by atoms with Crippen LogP contribution in [0.3, 0.4) is 0 Å². The second-order valence-corrected chi connectivity index (χ2v) is 9.98. The molecule has 4 rings (SSSR count). The third-order valence-electron chi connectivity index (χ3n) is 6.22. The number of aliphatic hydroxyl groups is 1. The molecule has 0 saturated carbocycles. The highest BCUT2D eigenvalue weighted by Crippen LogP contribution is 2.35. The van der Waals surface area contributed by atoms with E-state index >= 15 is 0 Å². The minimum atomic E-state index is -0.675. The Bertz CT molecular complexity index is 1080. The molecule has 1 saturated heterocycles. The highest BCUT2D eigenvalue weighted by atomic mass is 32.2. The molecule has 7 nitrogen and oxygen atoms in total. The summed E-state index contributed by atoms with van der Waals surface area (Å²) in [6.07, 6.45) is -2.45. The number of thioether (sulfide) groups is 1. The predicted molar refractivity (Wildman–Crippen MR) is 145 cm³/mol. The molecule has 1 heterocycles. The normalized spacial score (nSPS) is 23.2. The van der Waals surface area contributed by atoms with Crippen LogP contribution in [-0.2, 0) is 48.3 Å². The van der Waals surface area contributed by atoms with E-state index < -0.39 is 29.9 Å². The van der Waals surface area contributed by atoms with Crippen LogP contribution in [0.25, 0.3) is 0 Å². The highest BCUT2D eigenvalue weighted by Gasteiger charge is 2.48. The summed E-state index contributed by atoms with van der Waals surface area (Å²) < 4.78 is 30.4. The Morgan fingerprint density at radius 1 is 0.737 bits per heavy atom. The fourth-order valence-corrected chi connectivity index (χ4v) is 5.30. The van der Waals surface area contributed by atoms with Crippen molar-refractivity contribution >= 4 is 17.7 Å². The van der Waals surface area contributed by atoms with Crippen molar-refractivity contribution in [1.29, 1.82) is 0 Å². The van der Waals surface area contributed by atoms with Gasteiger partial charge in [-0.25, -0.2) is 0 Å². The van der Waals surface area contributed by atoms with Crippen LogP contribution in [0.1, 0.15) is 16.7 Å². The Morgan fingerprint density at radius 3 is 1.63 bits per heavy atom. The average molecular weight is 539 g/mol. The van der Waals surface area contributed by atoms with E-state index in [0.717, 1.165) is 16.7 Å². The summed E-state index contributed by atoms with van der Waals surface area (Å²) in [4.78, 5) is 12.0. The van der Waals surface area contributed by atoms with Gasteiger partial charge in [-0.15, -0.1) is 11.8 Å². The van der Waals surface area contributed by atoms with Crippen molar-refractivity contribution in [2.75, 3.05) is 19.5 Å². The van der Waals surface area contributed by atoms with Crippen LogP contribution in [0.15, 0.2) is 91.0 Å². The van der Waals surface area contributed by atoms with Gasteiger partial charge in [0.05, 0.1) is 39.3 Å². The maximum absolute atomic E-state index is 12.0. The molecule has 3 aromatic carbocycles. The first kappa shape index (κ1) is 28.3. The van der Waals surface area contributed by atoms with Crippen molar-refractivity contribution in [2.24, 2.45) is 0 Å². The maximum Gasteiger partial charge on any atom is 0.315 e. The van der Waals surface area contributed by atoms with Gasteiger partial charge in [0.15, 0.2) is 0 Å². The Balaban J connectivity index is 1.60. The van der Waals surface area contributed by atoms with Gasteiger partial charge in [0, 0.05) is 0 Å². The zero-order chi connectivity index (χ0) is 26.6. The van der Waals surface area contributed by atoms with Gasteiger partial charge in [0.1, 0.15) is 29.9 Å². The number of carbonyl (C=O) groups is 1. The SMILES string of the molecule is COC(=O)CS[C@H]1O[C@H](CO)[C@@H](OCc2ccccc2)[C@H](OCc2ccccc2)[C@H]1OCc1ccccc1. The molecule has 8 heteroatoms. The molecule has 0 spiro atoms. The average Bonchev–Trinajstić information content (AvgIpc) is 2.98. The standard InChI is InChI=1S/C30H34O7S/c1-33-26(32)21-38-30-29(36-20-24-15-9-4-10-16-24)28(35-19-23-13-7-3-8-14-23)27(25(17-31)37-30)34-18-22-11-5-2-6-12-22/h2-16,25,27-31H,17-21H2,1H3/t25-,27-,28+,29-,30-/m1/s1. The molecule has 0 aromatic heterocycles. The summed E-state index contributed by atoms with van der Waals surface area (Å²) in [5.41, 5.74) is 2.40. The van der Waals surface area contributed by atoms with E-state index in [-0.39, 0.29) is 18.3 Å². The van der Waals surface area contributed by atoms with Crippen molar-refractivity contribution in [3.05, 3.63) is 108 Å². The van der Waals surface area contributed by atoms with Gasteiger partial charge >= 0.3 is 5.97 Å². The van der Waals surface area contributed by atoms with E-state index in [4.69, 9.17) is 23.7 Å². The van der Waals surface area contributed by atoms with Gasteiger partial charge < -0.3 is 28.8 Å². The molecule has 38 heavy (non-hydrogen) atoms. The minimum Gasteiger partial charge on any atom is -0.468 e. The lowest BCUT2D eigenvalue weighted by Crippen LogP contribution is -2.60. The summed E-state index contributed by atoms with van der Waals surface area (Å²) >= 11 is 1.27. The molecule has 3 aromatic rings. The quantitative estimate of drug-likeness (QED) is 0.322. The third-order valence-corrected chi connectivity index (χ3v) is 7.33. The fourth-order valence-electron chi connectivity index (χ4n) is 4.24. The summed E-state index contributed by atoms with van der Waals surface area (Å²) in [6.45, 7) is 0.701. The third kappa shape index (κ3) is 8.14. The lowest BCUT2D eigenvalue weighted by atomic mass is 9.99. The number of hydrogen-bond acceptors (Lipinski definition) is 8. The predicted octanol–water partition coefficient (Wildman–Crippen LogP) is 4.37. The zero-order valence-electron chi connectivity index (χ0n) is 21.4. The van der Waals surface area contributed by atoms with Crippen molar-refractivity contribution in [3.8, 4) is 0 Å². The lowest BCUT2D eigenvalue weighted by molar-refractivity contribution is -0.251. The first-order valence-electron chi connectivity index (χ1n) is 12.6. The Hall–Kier alpha value is -2.72. The summed E-state index contributed by atoms with van der Waals surface area (Å²) in [7, 11) is 1.35. The largest absolute Gasteiger partial charge is 0.468 e. The molecule has 0 unspecified atom stereocenters. The van der Waals surface area contributed by atoms with Crippen LogP contribution in [0.4, 0.5) is 0 Å².